The molecule has 0 spiro atoms. The average Bonchev–Trinajstić information content (AvgIpc) is 3.40. The first-order chi connectivity index (χ1) is 15.7. The summed E-state index contributed by atoms with van der Waals surface area (Å²) in [7, 11) is 0. The molecule has 4 aromatic rings. The largest absolute Gasteiger partial charge is 0.434 e. The third kappa shape index (κ3) is 4.45. The van der Waals surface area contributed by atoms with Crippen LogP contribution in [0.3, 0.4) is 0 Å². The van der Waals surface area contributed by atoms with Crippen LogP contribution in [0.25, 0.3) is 5.65 Å². The number of carbonyl (C=O) groups excluding carboxylic acids is 1. The second kappa shape index (κ2) is 8.23. The molecule has 0 atom stereocenters. The van der Waals surface area contributed by atoms with Crippen molar-refractivity contribution in [2.24, 2.45) is 0 Å². The van der Waals surface area contributed by atoms with Gasteiger partial charge < -0.3 is 10.6 Å². The molecule has 1 aromatic carbocycles. The number of pyridine rings is 1. The molecule has 0 unspecified atom stereocenters. The zero-order valence-electron chi connectivity index (χ0n) is 16.3. The standard InChI is InChI=1S/C20H12F5N7O/c21-19(22)32-9-13(14(8-26)30-32)18(33)28-12-6-4-11(5-7-12)27-16-2-1-3-17-29-15(10-31(16)17)20(23,24)25/h1-7,9-10,19,27H,(H,28,33). The molecule has 0 saturated heterocycles. The van der Waals surface area contributed by atoms with Crippen LogP contribution >= 0.6 is 0 Å². The van der Waals surface area contributed by atoms with Gasteiger partial charge >= 0.3 is 12.7 Å². The van der Waals surface area contributed by atoms with Gasteiger partial charge in [-0.25, -0.2) is 9.67 Å². The number of hydrogen-bond acceptors (Lipinski definition) is 5. The number of fused-ring (bicyclic) bond motifs is 1. The minimum Gasteiger partial charge on any atom is -0.341 e. The molecular weight excluding hydrogens is 449 g/mol. The summed E-state index contributed by atoms with van der Waals surface area (Å²) in [6.45, 7) is -3.00. The number of nitrogens with one attached hydrogen (secondary N) is 2. The van der Waals surface area contributed by atoms with Gasteiger partial charge in [0, 0.05) is 23.8 Å². The van der Waals surface area contributed by atoms with Crippen molar-refractivity contribution in [1.29, 1.82) is 5.26 Å². The van der Waals surface area contributed by atoms with Crippen LogP contribution in [0.15, 0.2) is 54.9 Å². The summed E-state index contributed by atoms with van der Waals surface area (Å²) in [6.07, 6.45) is -2.94. The smallest absolute Gasteiger partial charge is 0.341 e. The van der Waals surface area contributed by atoms with Gasteiger partial charge in [0.15, 0.2) is 11.4 Å². The van der Waals surface area contributed by atoms with E-state index in [1.807, 2.05) is 0 Å². The highest BCUT2D eigenvalue weighted by atomic mass is 19.4. The van der Waals surface area contributed by atoms with Crippen molar-refractivity contribution in [2.75, 3.05) is 10.6 Å². The van der Waals surface area contributed by atoms with E-state index in [2.05, 4.69) is 20.7 Å². The fraction of sp³-hybridized carbons (Fsp3) is 0.100. The van der Waals surface area contributed by atoms with Crippen molar-refractivity contribution in [1.82, 2.24) is 19.2 Å². The average molecular weight is 461 g/mol. The Morgan fingerprint density at radius 2 is 1.76 bits per heavy atom. The molecule has 0 aliphatic heterocycles. The van der Waals surface area contributed by atoms with Gasteiger partial charge in [-0.2, -0.15) is 32.3 Å². The van der Waals surface area contributed by atoms with Gasteiger partial charge in [-0.05, 0) is 36.4 Å². The molecule has 2 N–H and O–H groups in total. The molecular formula is C20H12F5N7O. The van der Waals surface area contributed by atoms with Crippen molar-refractivity contribution >= 4 is 28.7 Å². The fourth-order valence-electron chi connectivity index (χ4n) is 2.97. The monoisotopic (exact) mass is 461 g/mol. The first kappa shape index (κ1) is 21.8. The number of halogens is 5. The lowest BCUT2D eigenvalue weighted by Crippen LogP contribution is -2.12. The lowest BCUT2D eigenvalue weighted by atomic mass is 10.2. The van der Waals surface area contributed by atoms with Gasteiger partial charge in [0.2, 0.25) is 0 Å². The highest BCUT2D eigenvalue weighted by Gasteiger charge is 2.34. The van der Waals surface area contributed by atoms with Gasteiger partial charge in [-0.3, -0.25) is 9.20 Å². The van der Waals surface area contributed by atoms with E-state index < -0.39 is 30.0 Å². The van der Waals surface area contributed by atoms with E-state index in [0.717, 1.165) is 12.4 Å². The quantitative estimate of drug-likeness (QED) is 0.416. The second-order valence-corrected chi connectivity index (χ2v) is 6.68. The first-order valence-electron chi connectivity index (χ1n) is 9.17. The molecule has 33 heavy (non-hydrogen) atoms. The van der Waals surface area contributed by atoms with Crippen molar-refractivity contribution in [2.45, 2.75) is 12.7 Å². The zero-order chi connectivity index (χ0) is 23.8. The SMILES string of the molecule is N#Cc1nn(C(F)F)cc1C(=O)Nc1ccc(Nc2cccc3nc(C(F)(F)F)cn23)cc1. The summed E-state index contributed by atoms with van der Waals surface area (Å²) >= 11 is 0. The molecule has 3 aromatic heterocycles. The maximum atomic E-state index is 13.0. The third-order valence-electron chi connectivity index (χ3n) is 4.48. The van der Waals surface area contributed by atoms with Crippen LogP contribution in [0.4, 0.5) is 39.1 Å². The third-order valence-corrected chi connectivity index (χ3v) is 4.48. The first-order valence-corrected chi connectivity index (χ1v) is 9.17. The minimum absolute atomic E-state index is 0.105. The van der Waals surface area contributed by atoms with E-state index in [9.17, 15) is 26.7 Å². The second-order valence-electron chi connectivity index (χ2n) is 6.68. The van der Waals surface area contributed by atoms with Crippen LogP contribution in [0, 0.1) is 11.3 Å². The van der Waals surface area contributed by atoms with Crippen LogP contribution < -0.4 is 10.6 Å². The molecule has 1 amide bonds. The van der Waals surface area contributed by atoms with Gasteiger partial charge in [0.05, 0.1) is 5.56 Å². The molecule has 0 saturated carbocycles. The Hall–Kier alpha value is -4.47. The number of imidazole rings is 1. The van der Waals surface area contributed by atoms with E-state index in [-0.39, 0.29) is 15.9 Å². The topological polar surface area (TPSA) is 100 Å². The highest BCUT2D eigenvalue weighted by molar-refractivity contribution is 6.05. The number of anilines is 3. The zero-order valence-corrected chi connectivity index (χ0v) is 16.3. The Labute approximate surface area is 181 Å². The Kier molecular flexibility index (Phi) is 5.42. The summed E-state index contributed by atoms with van der Waals surface area (Å²) in [6, 6.07) is 12.2. The fourth-order valence-corrected chi connectivity index (χ4v) is 2.97. The van der Waals surface area contributed by atoms with E-state index in [4.69, 9.17) is 5.26 Å². The summed E-state index contributed by atoms with van der Waals surface area (Å²) in [5, 5.41) is 17.8. The summed E-state index contributed by atoms with van der Waals surface area (Å²) < 4.78 is 65.8. The number of nitrogens with zero attached hydrogens (tertiary/aromatic N) is 5. The van der Waals surface area contributed by atoms with Crippen molar-refractivity contribution in [3.05, 3.63) is 71.8 Å². The normalized spacial score (nSPS) is 11.5. The molecule has 8 nitrogen and oxygen atoms in total. The predicted octanol–water partition coefficient (Wildman–Crippen LogP) is 4.81. The molecule has 13 heteroatoms. The van der Waals surface area contributed by atoms with Crippen molar-refractivity contribution in [3.8, 4) is 6.07 Å². The number of rotatable bonds is 5. The van der Waals surface area contributed by atoms with E-state index in [1.165, 1.54) is 22.6 Å². The molecule has 0 aliphatic rings. The van der Waals surface area contributed by atoms with Gasteiger partial charge in [-0.15, -0.1) is 0 Å². The maximum Gasteiger partial charge on any atom is 0.434 e. The Bertz CT molecular complexity index is 1370. The highest BCUT2D eigenvalue weighted by Crippen LogP contribution is 2.30. The molecule has 0 bridgehead atoms. The molecule has 168 valence electrons. The number of hydrogen-bond donors (Lipinski definition) is 2. The van der Waals surface area contributed by atoms with Gasteiger partial charge in [-0.1, -0.05) is 6.07 Å². The van der Waals surface area contributed by atoms with Crippen LogP contribution in [-0.2, 0) is 6.18 Å². The summed E-state index contributed by atoms with van der Waals surface area (Å²) in [4.78, 5) is 15.9. The van der Waals surface area contributed by atoms with Crippen molar-refractivity contribution in [3.63, 3.8) is 0 Å². The number of aromatic nitrogens is 4. The lowest BCUT2D eigenvalue weighted by molar-refractivity contribution is -0.140. The number of nitriles is 1. The van der Waals surface area contributed by atoms with E-state index >= 15 is 0 Å². The Morgan fingerprint density at radius 1 is 1.06 bits per heavy atom. The van der Waals surface area contributed by atoms with Crippen LogP contribution in [0.1, 0.15) is 28.3 Å². The molecule has 0 aliphatic carbocycles. The lowest BCUT2D eigenvalue weighted by Gasteiger charge is -2.10. The van der Waals surface area contributed by atoms with Gasteiger partial charge in [0.25, 0.3) is 5.91 Å². The summed E-state index contributed by atoms with van der Waals surface area (Å²) in [5.74, 6) is -0.479. The Balaban J connectivity index is 1.51. The van der Waals surface area contributed by atoms with E-state index in [0.29, 0.717) is 17.2 Å². The molecule has 3 heterocycles. The predicted molar refractivity (Wildman–Crippen MR) is 106 cm³/mol. The number of carbonyl (C=O) groups is 1. The molecule has 0 radical (unpaired) electrons. The van der Waals surface area contributed by atoms with Crippen LogP contribution in [0.5, 0.6) is 0 Å². The van der Waals surface area contributed by atoms with Crippen LogP contribution in [-0.4, -0.2) is 25.1 Å². The number of benzene rings is 1. The van der Waals surface area contributed by atoms with Gasteiger partial charge in [0.1, 0.15) is 17.5 Å². The molecule has 0 fully saturated rings. The summed E-state index contributed by atoms with van der Waals surface area (Å²) in [5.41, 5.74) is -0.897. The van der Waals surface area contributed by atoms with Crippen molar-refractivity contribution < 1.29 is 26.7 Å². The maximum absolute atomic E-state index is 13.0. The minimum atomic E-state index is -4.58. The number of amides is 1. The van der Waals surface area contributed by atoms with E-state index in [1.54, 1.807) is 30.3 Å². The Morgan fingerprint density at radius 3 is 2.39 bits per heavy atom. The molecule has 4 rings (SSSR count). The number of alkyl halides is 5. The van der Waals surface area contributed by atoms with Crippen LogP contribution in [0.2, 0.25) is 0 Å².